The number of tetrazole rings is 1. The molecule has 1 heterocycles. The number of hydrogen-bond donors (Lipinski definition) is 1. The summed E-state index contributed by atoms with van der Waals surface area (Å²) in [6, 6.07) is 8.59. The van der Waals surface area contributed by atoms with Gasteiger partial charge in [-0.25, -0.2) is 4.68 Å². The second-order valence-corrected chi connectivity index (χ2v) is 4.69. The number of fused-ring (bicyclic) bond motifs is 1. The third-order valence-corrected chi connectivity index (χ3v) is 3.58. The van der Waals surface area contributed by atoms with Crippen LogP contribution < -0.4 is 5.73 Å². The predicted octanol–water partition coefficient (Wildman–Crippen LogP) is 1.10. The van der Waals surface area contributed by atoms with Crippen LogP contribution in [0.1, 0.15) is 35.7 Å². The largest absolute Gasteiger partial charge is 0.329 e. The Morgan fingerprint density at radius 3 is 3.11 bits per heavy atom. The van der Waals surface area contributed by atoms with Crippen molar-refractivity contribution in [3.63, 3.8) is 0 Å². The number of nitrogens with zero attached hydrogens (tertiary/aromatic N) is 4. The summed E-state index contributed by atoms with van der Waals surface area (Å²) >= 11 is 0. The summed E-state index contributed by atoms with van der Waals surface area (Å²) < 4.78 is 1.84. The molecule has 3 rings (SSSR count). The Morgan fingerprint density at radius 1 is 1.33 bits per heavy atom. The van der Waals surface area contributed by atoms with Gasteiger partial charge < -0.3 is 5.73 Å². The summed E-state index contributed by atoms with van der Waals surface area (Å²) in [6.07, 6.45) is 3.46. The second kappa shape index (κ2) is 4.86. The van der Waals surface area contributed by atoms with E-state index in [1.54, 1.807) is 0 Å². The molecule has 1 aliphatic carbocycles. The normalized spacial score (nSPS) is 18.6. The summed E-state index contributed by atoms with van der Waals surface area (Å²) in [4.78, 5) is 0. The number of aryl methyl sites for hydroxylation is 1. The standard InChI is InChI=1S/C13H17N5/c14-8-9-18-13(15-16-17-18)12-7-3-5-10-4-1-2-6-11(10)12/h1-2,4,6,12H,3,5,7-9,14H2. The third-order valence-electron chi connectivity index (χ3n) is 3.58. The highest BCUT2D eigenvalue weighted by Gasteiger charge is 2.25. The summed E-state index contributed by atoms with van der Waals surface area (Å²) in [5.41, 5.74) is 8.40. The van der Waals surface area contributed by atoms with E-state index in [1.807, 2.05) is 4.68 Å². The molecule has 0 amide bonds. The Labute approximate surface area is 106 Å². The highest BCUT2D eigenvalue weighted by molar-refractivity contribution is 5.36. The van der Waals surface area contributed by atoms with Gasteiger partial charge in [0.1, 0.15) is 0 Å². The molecule has 0 fully saturated rings. The van der Waals surface area contributed by atoms with E-state index in [4.69, 9.17) is 5.73 Å². The topological polar surface area (TPSA) is 69.6 Å². The quantitative estimate of drug-likeness (QED) is 0.876. The summed E-state index contributed by atoms with van der Waals surface area (Å²) in [6.45, 7) is 1.24. The van der Waals surface area contributed by atoms with E-state index in [9.17, 15) is 0 Å². The number of hydrogen-bond acceptors (Lipinski definition) is 4. The van der Waals surface area contributed by atoms with Gasteiger partial charge in [0.2, 0.25) is 0 Å². The van der Waals surface area contributed by atoms with Crippen LogP contribution in [0.25, 0.3) is 0 Å². The lowest BCUT2D eigenvalue weighted by Gasteiger charge is -2.24. The average Bonchev–Trinajstić information content (AvgIpc) is 2.87. The van der Waals surface area contributed by atoms with Crippen molar-refractivity contribution in [1.29, 1.82) is 0 Å². The molecule has 1 unspecified atom stereocenters. The summed E-state index contributed by atoms with van der Waals surface area (Å²) in [5, 5.41) is 12.0. The molecular weight excluding hydrogens is 226 g/mol. The van der Waals surface area contributed by atoms with E-state index in [2.05, 4.69) is 39.8 Å². The van der Waals surface area contributed by atoms with Crippen LogP contribution in [0.4, 0.5) is 0 Å². The SMILES string of the molecule is NCCn1nnnc1C1CCCc2ccccc21. The Bertz CT molecular complexity index is 534. The maximum absolute atomic E-state index is 5.60. The first-order chi connectivity index (χ1) is 8.90. The zero-order chi connectivity index (χ0) is 12.4. The molecule has 0 saturated carbocycles. The average molecular weight is 243 g/mol. The van der Waals surface area contributed by atoms with Crippen molar-refractivity contribution in [2.24, 2.45) is 5.73 Å². The minimum Gasteiger partial charge on any atom is -0.329 e. The van der Waals surface area contributed by atoms with Crippen molar-refractivity contribution in [2.75, 3.05) is 6.54 Å². The van der Waals surface area contributed by atoms with Gasteiger partial charge in [-0.05, 0) is 40.8 Å². The van der Waals surface area contributed by atoms with Crippen LogP contribution in [0.15, 0.2) is 24.3 Å². The lowest BCUT2D eigenvalue weighted by molar-refractivity contribution is 0.520. The van der Waals surface area contributed by atoms with Crippen LogP contribution in [0, 0.1) is 0 Å². The minimum absolute atomic E-state index is 0.316. The van der Waals surface area contributed by atoms with Crippen molar-refractivity contribution in [1.82, 2.24) is 20.2 Å². The first-order valence-corrected chi connectivity index (χ1v) is 6.44. The summed E-state index contributed by atoms with van der Waals surface area (Å²) in [7, 11) is 0. The Hall–Kier alpha value is -1.75. The highest BCUT2D eigenvalue weighted by Crippen LogP contribution is 2.35. The first-order valence-electron chi connectivity index (χ1n) is 6.44. The first kappa shape index (κ1) is 11.3. The van der Waals surface area contributed by atoms with Crippen LogP contribution in [-0.4, -0.2) is 26.8 Å². The zero-order valence-electron chi connectivity index (χ0n) is 10.3. The van der Waals surface area contributed by atoms with Gasteiger partial charge in [0.25, 0.3) is 0 Å². The van der Waals surface area contributed by atoms with Gasteiger partial charge in [-0.15, -0.1) is 5.10 Å². The molecule has 0 spiro atoms. The Balaban J connectivity index is 2.00. The van der Waals surface area contributed by atoms with Crippen molar-refractivity contribution in [3.05, 3.63) is 41.2 Å². The second-order valence-electron chi connectivity index (χ2n) is 4.69. The molecular formula is C13H17N5. The predicted molar refractivity (Wildman–Crippen MR) is 68.1 cm³/mol. The molecule has 1 aliphatic rings. The maximum Gasteiger partial charge on any atom is 0.158 e. The highest BCUT2D eigenvalue weighted by atomic mass is 15.5. The Morgan fingerprint density at radius 2 is 2.22 bits per heavy atom. The molecule has 0 saturated heterocycles. The van der Waals surface area contributed by atoms with E-state index in [0.29, 0.717) is 19.0 Å². The van der Waals surface area contributed by atoms with E-state index in [1.165, 1.54) is 17.5 Å². The van der Waals surface area contributed by atoms with Gasteiger partial charge in [0, 0.05) is 12.5 Å². The van der Waals surface area contributed by atoms with E-state index < -0.39 is 0 Å². The molecule has 1 aromatic carbocycles. The summed E-state index contributed by atoms with van der Waals surface area (Å²) in [5.74, 6) is 1.27. The number of benzene rings is 1. The molecule has 18 heavy (non-hydrogen) atoms. The molecule has 5 nitrogen and oxygen atoms in total. The van der Waals surface area contributed by atoms with E-state index in [0.717, 1.165) is 18.7 Å². The molecule has 2 aromatic rings. The lowest BCUT2D eigenvalue weighted by atomic mass is 9.82. The van der Waals surface area contributed by atoms with Gasteiger partial charge in [-0.2, -0.15) is 0 Å². The van der Waals surface area contributed by atoms with Crippen molar-refractivity contribution >= 4 is 0 Å². The molecule has 5 heteroatoms. The lowest BCUT2D eigenvalue weighted by Crippen LogP contribution is -2.19. The van der Waals surface area contributed by atoms with Gasteiger partial charge >= 0.3 is 0 Å². The van der Waals surface area contributed by atoms with Crippen LogP contribution in [0.3, 0.4) is 0 Å². The number of nitrogens with two attached hydrogens (primary N) is 1. The number of rotatable bonds is 3. The Kier molecular flexibility index (Phi) is 3.06. The fourth-order valence-electron chi connectivity index (χ4n) is 2.76. The third kappa shape index (κ3) is 1.90. The van der Waals surface area contributed by atoms with Crippen molar-refractivity contribution < 1.29 is 0 Å². The zero-order valence-corrected chi connectivity index (χ0v) is 10.3. The fourth-order valence-corrected chi connectivity index (χ4v) is 2.76. The van der Waals surface area contributed by atoms with Crippen LogP contribution in [0.5, 0.6) is 0 Å². The van der Waals surface area contributed by atoms with Crippen LogP contribution in [-0.2, 0) is 13.0 Å². The maximum atomic E-state index is 5.60. The van der Waals surface area contributed by atoms with Crippen molar-refractivity contribution in [3.8, 4) is 0 Å². The van der Waals surface area contributed by atoms with Gasteiger partial charge in [0.15, 0.2) is 5.82 Å². The molecule has 0 radical (unpaired) electrons. The van der Waals surface area contributed by atoms with Gasteiger partial charge in [0.05, 0.1) is 6.54 Å². The monoisotopic (exact) mass is 243 g/mol. The van der Waals surface area contributed by atoms with Gasteiger partial charge in [-0.3, -0.25) is 0 Å². The van der Waals surface area contributed by atoms with Crippen LogP contribution in [0.2, 0.25) is 0 Å². The number of aromatic nitrogens is 4. The van der Waals surface area contributed by atoms with E-state index in [-0.39, 0.29) is 0 Å². The molecule has 0 aliphatic heterocycles. The fraction of sp³-hybridized carbons (Fsp3) is 0.462. The van der Waals surface area contributed by atoms with E-state index >= 15 is 0 Å². The molecule has 2 N–H and O–H groups in total. The molecule has 1 atom stereocenters. The molecule has 0 bridgehead atoms. The molecule has 94 valence electrons. The smallest absolute Gasteiger partial charge is 0.158 e. The minimum atomic E-state index is 0.316. The van der Waals surface area contributed by atoms with Crippen molar-refractivity contribution in [2.45, 2.75) is 31.7 Å². The van der Waals surface area contributed by atoms with Crippen LogP contribution >= 0.6 is 0 Å². The molecule has 1 aromatic heterocycles. The van der Waals surface area contributed by atoms with Gasteiger partial charge in [-0.1, -0.05) is 24.3 Å².